The van der Waals surface area contributed by atoms with Crippen LogP contribution in [0.1, 0.15) is 38.1 Å². The SMILES string of the molecule is CC(C)CC(=O)N[C@H](C)[C@@H](c1cccs1)N1CCN(c2ccc(F)cc2)CC1. The topological polar surface area (TPSA) is 35.6 Å². The number of piperazine rings is 1. The second kappa shape index (κ2) is 9.52. The molecule has 0 spiro atoms. The van der Waals surface area contributed by atoms with Crippen molar-refractivity contribution in [3.05, 3.63) is 52.5 Å². The molecule has 1 N–H and O–H groups in total. The fraction of sp³-hybridized carbons (Fsp3) is 0.500. The Balaban J connectivity index is 1.66. The molecule has 1 fully saturated rings. The summed E-state index contributed by atoms with van der Waals surface area (Å²) in [6.45, 7) is 9.83. The smallest absolute Gasteiger partial charge is 0.220 e. The van der Waals surface area contributed by atoms with Crippen LogP contribution < -0.4 is 10.2 Å². The van der Waals surface area contributed by atoms with Gasteiger partial charge in [0.25, 0.3) is 0 Å². The number of carbonyl (C=O) groups excluding carboxylic acids is 1. The minimum Gasteiger partial charge on any atom is -0.369 e. The zero-order valence-electron chi connectivity index (χ0n) is 16.9. The molecule has 1 aromatic carbocycles. The molecule has 0 bridgehead atoms. The van der Waals surface area contributed by atoms with E-state index in [0.717, 1.165) is 31.9 Å². The monoisotopic (exact) mass is 403 g/mol. The number of thiophene rings is 1. The predicted molar refractivity (Wildman–Crippen MR) is 114 cm³/mol. The Morgan fingerprint density at radius 1 is 1.11 bits per heavy atom. The first kappa shape index (κ1) is 20.8. The molecule has 0 radical (unpaired) electrons. The molecule has 152 valence electrons. The first-order chi connectivity index (χ1) is 13.4. The van der Waals surface area contributed by atoms with E-state index in [4.69, 9.17) is 0 Å². The molecule has 28 heavy (non-hydrogen) atoms. The molecular formula is C22H30FN3OS. The molecule has 1 saturated heterocycles. The third kappa shape index (κ3) is 5.32. The second-order valence-electron chi connectivity index (χ2n) is 7.91. The van der Waals surface area contributed by atoms with Crippen LogP contribution in [0, 0.1) is 11.7 Å². The summed E-state index contributed by atoms with van der Waals surface area (Å²) in [7, 11) is 0. The molecular weight excluding hydrogens is 373 g/mol. The second-order valence-corrected chi connectivity index (χ2v) is 8.89. The Bertz CT molecular complexity index is 740. The molecule has 2 atom stereocenters. The van der Waals surface area contributed by atoms with E-state index in [1.54, 1.807) is 11.3 Å². The quantitative estimate of drug-likeness (QED) is 0.749. The molecule has 2 heterocycles. The van der Waals surface area contributed by atoms with Gasteiger partial charge in [0.05, 0.1) is 6.04 Å². The van der Waals surface area contributed by atoms with Gasteiger partial charge >= 0.3 is 0 Å². The molecule has 4 nitrogen and oxygen atoms in total. The lowest BCUT2D eigenvalue weighted by Gasteiger charge is -2.42. The van der Waals surface area contributed by atoms with Crippen molar-refractivity contribution in [2.45, 2.75) is 39.3 Å². The summed E-state index contributed by atoms with van der Waals surface area (Å²) in [5.41, 5.74) is 1.06. The van der Waals surface area contributed by atoms with Crippen LogP contribution in [0.2, 0.25) is 0 Å². The highest BCUT2D eigenvalue weighted by Gasteiger charge is 2.31. The highest BCUT2D eigenvalue weighted by molar-refractivity contribution is 7.10. The lowest BCUT2D eigenvalue weighted by molar-refractivity contribution is -0.122. The van der Waals surface area contributed by atoms with Crippen LogP contribution in [0.25, 0.3) is 0 Å². The zero-order chi connectivity index (χ0) is 20.1. The van der Waals surface area contributed by atoms with E-state index in [-0.39, 0.29) is 23.8 Å². The summed E-state index contributed by atoms with van der Waals surface area (Å²) >= 11 is 1.74. The summed E-state index contributed by atoms with van der Waals surface area (Å²) in [5, 5.41) is 5.31. The number of nitrogens with one attached hydrogen (secondary N) is 1. The molecule has 6 heteroatoms. The first-order valence-corrected chi connectivity index (χ1v) is 10.9. The number of amides is 1. The van der Waals surface area contributed by atoms with Gasteiger partial charge < -0.3 is 10.2 Å². The summed E-state index contributed by atoms with van der Waals surface area (Å²) in [6, 6.07) is 11.2. The predicted octanol–water partition coefficient (Wildman–Crippen LogP) is 4.30. The number of anilines is 1. The zero-order valence-corrected chi connectivity index (χ0v) is 17.7. The summed E-state index contributed by atoms with van der Waals surface area (Å²) in [5.74, 6) is 0.270. The van der Waals surface area contributed by atoms with Crippen LogP contribution in [0.5, 0.6) is 0 Å². The van der Waals surface area contributed by atoms with Gasteiger partial charge in [-0.15, -0.1) is 11.3 Å². The lowest BCUT2D eigenvalue weighted by atomic mass is 10.0. The van der Waals surface area contributed by atoms with Crippen molar-refractivity contribution in [3.8, 4) is 0 Å². The third-order valence-corrected chi connectivity index (χ3v) is 6.13. The van der Waals surface area contributed by atoms with Crippen LogP contribution in [-0.2, 0) is 4.79 Å². The molecule has 1 aliphatic rings. The highest BCUT2D eigenvalue weighted by atomic mass is 32.1. The van der Waals surface area contributed by atoms with E-state index < -0.39 is 0 Å². The van der Waals surface area contributed by atoms with Crippen molar-refractivity contribution in [1.82, 2.24) is 10.2 Å². The van der Waals surface area contributed by atoms with Crippen LogP contribution >= 0.6 is 11.3 Å². The molecule has 3 rings (SSSR count). The van der Waals surface area contributed by atoms with Crippen molar-refractivity contribution in [1.29, 1.82) is 0 Å². The van der Waals surface area contributed by atoms with E-state index in [2.05, 4.69) is 53.4 Å². The average molecular weight is 404 g/mol. The van der Waals surface area contributed by atoms with Crippen molar-refractivity contribution in [3.63, 3.8) is 0 Å². The van der Waals surface area contributed by atoms with Gasteiger partial charge in [0.15, 0.2) is 0 Å². The van der Waals surface area contributed by atoms with Crippen molar-refractivity contribution >= 4 is 22.9 Å². The Labute approximate surface area is 171 Å². The Kier molecular flexibility index (Phi) is 7.08. The highest BCUT2D eigenvalue weighted by Crippen LogP contribution is 2.30. The third-order valence-electron chi connectivity index (χ3n) is 5.19. The van der Waals surface area contributed by atoms with Crippen molar-refractivity contribution in [2.24, 2.45) is 5.92 Å². The molecule has 0 aliphatic carbocycles. The maximum Gasteiger partial charge on any atom is 0.220 e. The Morgan fingerprint density at radius 3 is 2.36 bits per heavy atom. The minimum atomic E-state index is -0.203. The Hall–Kier alpha value is -1.92. The van der Waals surface area contributed by atoms with Gasteiger partial charge in [-0.25, -0.2) is 4.39 Å². The summed E-state index contributed by atoms with van der Waals surface area (Å²) in [6.07, 6.45) is 0.555. The largest absolute Gasteiger partial charge is 0.369 e. The van der Waals surface area contributed by atoms with Crippen LogP contribution in [-0.4, -0.2) is 43.0 Å². The van der Waals surface area contributed by atoms with E-state index in [0.29, 0.717) is 12.3 Å². The van der Waals surface area contributed by atoms with Gasteiger partial charge in [-0.05, 0) is 48.6 Å². The van der Waals surface area contributed by atoms with Gasteiger partial charge in [0, 0.05) is 49.2 Å². The van der Waals surface area contributed by atoms with Gasteiger partial charge in [0.1, 0.15) is 5.82 Å². The summed E-state index contributed by atoms with van der Waals surface area (Å²) in [4.78, 5) is 18.4. The molecule has 1 amide bonds. The van der Waals surface area contributed by atoms with E-state index >= 15 is 0 Å². The Morgan fingerprint density at radius 2 is 1.79 bits per heavy atom. The number of nitrogens with zero attached hydrogens (tertiary/aromatic N) is 2. The standard InChI is InChI=1S/C22H30FN3OS/c1-16(2)15-21(27)24-17(3)22(20-5-4-14-28-20)26-12-10-25(11-13-26)19-8-6-18(23)7-9-19/h4-9,14,16-17,22H,10-13,15H2,1-3H3,(H,24,27)/t17-,22+/m1/s1. The number of hydrogen-bond donors (Lipinski definition) is 1. The molecule has 1 aliphatic heterocycles. The normalized spacial score (nSPS) is 17.5. The maximum absolute atomic E-state index is 13.2. The van der Waals surface area contributed by atoms with E-state index in [9.17, 15) is 9.18 Å². The molecule has 0 saturated carbocycles. The lowest BCUT2D eigenvalue weighted by Crippen LogP contribution is -2.52. The van der Waals surface area contributed by atoms with Crippen LogP contribution in [0.3, 0.4) is 0 Å². The van der Waals surface area contributed by atoms with E-state index in [1.807, 2.05) is 12.1 Å². The van der Waals surface area contributed by atoms with Crippen LogP contribution in [0.15, 0.2) is 41.8 Å². The van der Waals surface area contributed by atoms with Gasteiger partial charge in [0.2, 0.25) is 5.91 Å². The number of hydrogen-bond acceptors (Lipinski definition) is 4. The fourth-order valence-corrected chi connectivity index (χ4v) is 4.84. The van der Waals surface area contributed by atoms with Gasteiger partial charge in [-0.1, -0.05) is 19.9 Å². The molecule has 0 unspecified atom stereocenters. The van der Waals surface area contributed by atoms with Crippen molar-refractivity contribution in [2.75, 3.05) is 31.1 Å². The molecule has 1 aromatic heterocycles. The first-order valence-electron chi connectivity index (χ1n) is 10.0. The van der Waals surface area contributed by atoms with Crippen LogP contribution in [0.4, 0.5) is 10.1 Å². The maximum atomic E-state index is 13.2. The number of rotatable bonds is 7. The van der Waals surface area contributed by atoms with Gasteiger partial charge in [-0.2, -0.15) is 0 Å². The number of carbonyl (C=O) groups is 1. The van der Waals surface area contributed by atoms with Gasteiger partial charge in [-0.3, -0.25) is 9.69 Å². The minimum absolute atomic E-state index is 0.0438. The number of benzene rings is 1. The average Bonchev–Trinajstić information content (AvgIpc) is 3.16. The van der Waals surface area contributed by atoms with E-state index in [1.165, 1.54) is 17.0 Å². The number of halogens is 1. The van der Waals surface area contributed by atoms with Crippen molar-refractivity contribution < 1.29 is 9.18 Å². The molecule has 2 aromatic rings. The summed E-state index contributed by atoms with van der Waals surface area (Å²) < 4.78 is 13.2. The fourth-order valence-electron chi connectivity index (χ4n) is 3.87.